The van der Waals surface area contributed by atoms with Gasteiger partial charge in [0.25, 0.3) is 0 Å². The van der Waals surface area contributed by atoms with Gasteiger partial charge in [0.1, 0.15) is 0 Å². The summed E-state index contributed by atoms with van der Waals surface area (Å²) in [4.78, 5) is 2.28. The van der Waals surface area contributed by atoms with E-state index >= 15 is 0 Å². The summed E-state index contributed by atoms with van der Waals surface area (Å²) in [6.45, 7) is 6.98. The Labute approximate surface area is 128 Å². The van der Waals surface area contributed by atoms with E-state index < -0.39 is 10.0 Å². The van der Waals surface area contributed by atoms with Crippen LogP contribution in [0, 0.1) is 12.8 Å². The van der Waals surface area contributed by atoms with Crippen molar-refractivity contribution < 1.29 is 8.42 Å². The molecule has 21 heavy (non-hydrogen) atoms. The number of hydrogen-bond acceptors (Lipinski definition) is 4. The third-order valence-corrected chi connectivity index (χ3v) is 5.00. The molecule has 0 saturated carbocycles. The van der Waals surface area contributed by atoms with E-state index in [1.54, 1.807) is 18.2 Å². The van der Waals surface area contributed by atoms with Crippen molar-refractivity contribution in [3.8, 4) is 0 Å². The first-order valence-electron chi connectivity index (χ1n) is 7.14. The minimum Gasteiger partial charge on any atom is -0.326 e. The summed E-state index contributed by atoms with van der Waals surface area (Å²) < 4.78 is 27.8. The summed E-state index contributed by atoms with van der Waals surface area (Å²) in [7, 11) is 0.354. The van der Waals surface area contributed by atoms with Crippen LogP contribution in [0.2, 0.25) is 0 Å². The van der Waals surface area contributed by atoms with Crippen molar-refractivity contribution in [2.45, 2.75) is 38.3 Å². The number of hydrogen-bond donors (Lipinski definition) is 2. The lowest BCUT2D eigenvalue weighted by Crippen LogP contribution is -2.44. The average Bonchev–Trinajstić information content (AvgIpc) is 2.36. The molecule has 1 aromatic rings. The number of sulfonamides is 1. The van der Waals surface area contributed by atoms with E-state index in [9.17, 15) is 8.42 Å². The molecule has 0 aliphatic rings. The van der Waals surface area contributed by atoms with Crippen molar-refractivity contribution in [2.75, 3.05) is 20.6 Å². The summed E-state index contributed by atoms with van der Waals surface area (Å²) in [5.74, 6) is 0.214. The molecule has 1 aromatic carbocycles. The zero-order valence-corrected chi connectivity index (χ0v) is 14.4. The molecule has 1 unspecified atom stereocenters. The second-order valence-electron chi connectivity index (χ2n) is 6.03. The number of rotatable bonds is 7. The molecule has 0 fully saturated rings. The van der Waals surface area contributed by atoms with E-state index in [1.807, 2.05) is 39.8 Å². The van der Waals surface area contributed by atoms with E-state index in [1.165, 1.54) is 0 Å². The number of benzene rings is 1. The number of likely N-dealkylation sites (N-methyl/N-ethyl adjacent to an activating group) is 1. The van der Waals surface area contributed by atoms with Gasteiger partial charge in [0.2, 0.25) is 10.0 Å². The van der Waals surface area contributed by atoms with Crippen molar-refractivity contribution in [3.05, 3.63) is 29.3 Å². The van der Waals surface area contributed by atoms with Gasteiger partial charge in [0.15, 0.2) is 0 Å². The van der Waals surface area contributed by atoms with E-state index in [-0.39, 0.29) is 12.0 Å². The fraction of sp³-hybridized carbons (Fsp3) is 0.600. The smallest absolute Gasteiger partial charge is 0.240 e. The van der Waals surface area contributed by atoms with Crippen LogP contribution in [-0.2, 0) is 16.6 Å². The minimum absolute atomic E-state index is 0.125. The molecule has 6 heteroatoms. The van der Waals surface area contributed by atoms with Crippen LogP contribution in [0.3, 0.4) is 0 Å². The van der Waals surface area contributed by atoms with Gasteiger partial charge in [-0.1, -0.05) is 19.9 Å². The largest absolute Gasteiger partial charge is 0.326 e. The van der Waals surface area contributed by atoms with Gasteiger partial charge in [-0.3, -0.25) is 0 Å². The molecule has 0 aromatic heterocycles. The van der Waals surface area contributed by atoms with Gasteiger partial charge in [-0.25, -0.2) is 13.1 Å². The Morgan fingerprint density at radius 1 is 1.29 bits per heavy atom. The molecule has 3 N–H and O–H groups in total. The molecule has 1 rings (SSSR count). The fourth-order valence-electron chi connectivity index (χ4n) is 2.11. The highest BCUT2D eigenvalue weighted by Crippen LogP contribution is 2.16. The van der Waals surface area contributed by atoms with Gasteiger partial charge < -0.3 is 10.6 Å². The molecule has 0 aliphatic heterocycles. The summed E-state index contributed by atoms with van der Waals surface area (Å²) in [5, 5.41) is 0. The Morgan fingerprint density at radius 2 is 1.90 bits per heavy atom. The Morgan fingerprint density at radius 3 is 2.33 bits per heavy atom. The van der Waals surface area contributed by atoms with Crippen LogP contribution in [0.25, 0.3) is 0 Å². The number of aryl methyl sites for hydroxylation is 1. The summed E-state index contributed by atoms with van der Waals surface area (Å²) in [5.41, 5.74) is 7.47. The molecule has 1 atom stereocenters. The third kappa shape index (κ3) is 5.07. The van der Waals surface area contributed by atoms with E-state index in [0.29, 0.717) is 18.0 Å². The molecule has 0 saturated heterocycles. The Kier molecular flexibility index (Phi) is 6.34. The van der Waals surface area contributed by atoms with Gasteiger partial charge in [0, 0.05) is 19.1 Å². The first-order valence-corrected chi connectivity index (χ1v) is 8.62. The van der Waals surface area contributed by atoms with E-state index in [4.69, 9.17) is 5.73 Å². The third-order valence-electron chi connectivity index (χ3n) is 3.52. The maximum absolute atomic E-state index is 12.5. The molecular formula is C15H27N3O2S. The van der Waals surface area contributed by atoms with E-state index in [2.05, 4.69) is 4.72 Å². The zero-order chi connectivity index (χ0) is 16.2. The van der Waals surface area contributed by atoms with Gasteiger partial charge in [-0.05, 0) is 50.2 Å². The Bertz CT molecular complexity index is 568. The van der Waals surface area contributed by atoms with Gasteiger partial charge in [-0.2, -0.15) is 0 Å². The zero-order valence-electron chi connectivity index (χ0n) is 13.6. The second kappa shape index (κ2) is 7.35. The van der Waals surface area contributed by atoms with Crippen molar-refractivity contribution in [2.24, 2.45) is 11.7 Å². The van der Waals surface area contributed by atoms with Gasteiger partial charge in [0.05, 0.1) is 4.90 Å². The van der Waals surface area contributed by atoms with Crippen LogP contribution < -0.4 is 10.5 Å². The number of nitrogens with one attached hydrogen (secondary N) is 1. The van der Waals surface area contributed by atoms with E-state index in [0.717, 1.165) is 11.1 Å². The minimum atomic E-state index is -3.52. The molecule has 0 heterocycles. The lowest BCUT2D eigenvalue weighted by molar-refractivity contribution is 0.314. The van der Waals surface area contributed by atoms with Gasteiger partial charge in [-0.15, -0.1) is 0 Å². The van der Waals surface area contributed by atoms with Crippen LogP contribution >= 0.6 is 0 Å². The van der Waals surface area contributed by atoms with Crippen LogP contribution in [-0.4, -0.2) is 40.0 Å². The normalized spacial score (nSPS) is 13.9. The summed E-state index contributed by atoms with van der Waals surface area (Å²) >= 11 is 0. The Hall–Kier alpha value is -0.950. The highest BCUT2D eigenvalue weighted by Gasteiger charge is 2.23. The van der Waals surface area contributed by atoms with Gasteiger partial charge >= 0.3 is 0 Å². The molecule has 0 bridgehead atoms. The number of nitrogens with two attached hydrogens (primary N) is 1. The maximum Gasteiger partial charge on any atom is 0.240 e. The SMILES string of the molecule is Cc1cc(S(=O)(=O)NC(CN(C)C)C(C)C)ccc1CN. The standard InChI is InChI=1S/C15H27N3O2S/c1-11(2)15(10-18(4)5)17-21(19,20)14-7-6-13(9-16)12(3)8-14/h6-8,11,15,17H,9-10,16H2,1-5H3. The van der Waals surface area contributed by atoms with Crippen molar-refractivity contribution in [3.63, 3.8) is 0 Å². The second-order valence-corrected chi connectivity index (χ2v) is 7.74. The van der Waals surface area contributed by atoms with Crippen molar-refractivity contribution in [1.29, 1.82) is 0 Å². The first kappa shape index (κ1) is 18.1. The lowest BCUT2D eigenvalue weighted by atomic mass is 10.1. The highest BCUT2D eigenvalue weighted by atomic mass is 32.2. The van der Waals surface area contributed by atoms with Crippen LogP contribution in [0.5, 0.6) is 0 Å². The summed E-state index contributed by atoms with van der Waals surface area (Å²) in [6, 6.07) is 4.95. The molecule has 0 aliphatic carbocycles. The Balaban J connectivity index is 3.01. The topological polar surface area (TPSA) is 75.4 Å². The maximum atomic E-state index is 12.5. The van der Waals surface area contributed by atoms with Crippen molar-refractivity contribution in [1.82, 2.24) is 9.62 Å². The lowest BCUT2D eigenvalue weighted by Gasteiger charge is -2.25. The molecule has 0 radical (unpaired) electrons. The van der Waals surface area contributed by atoms with Crippen LogP contribution in [0.15, 0.2) is 23.1 Å². The average molecular weight is 313 g/mol. The first-order chi connectivity index (χ1) is 9.67. The van der Waals surface area contributed by atoms with Crippen LogP contribution in [0.4, 0.5) is 0 Å². The molecular weight excluding hydrogens is 286 g/mol. The predicted octanol–water partition coefficient (Wildman–Crippen LogP) is 1.32. The summed E-state index contributed by atoms with van der Waals surface area (Å²) in [6.07, 6.45) is 0. The molecule has 0 amide bonds. The quantitative estimate of drug-likeness (QED) is 0.796. The monoisotopic (exact) mass is 313 g/mol. The number of nitrogens with zero attached hydrogens (tertiary/aromatic N) is 1. The molecule has 120 valence electrons. The van der Waals surface area contributed by atoms with Crippen molar-refractivity contribution >= 4 is 10.0 Å². The highest BCUT2D eigenvalue weighted by molar-refractivity contribution is 7.89. The molecule has 0 spiro atoms. The molecule has 5 nitrogen and oxygen atoms in total. The predicted molar refractivity (Wildman–Crippen MR) is 86.6 cm³/mol. The fourth-order valence-corrected chi connectivity index (χ4v) is 3.57. The van der Waals surface area contributed by atoms with Crippen LogP contribution in [0.1, 0.15) is 25.0 Å².